The molecular weight excluding hydrogens is 411 g/mol. The minimum atomic E-state index is -4.95. The summed E-state index contributed by atoms with van der Waals surface area (Å²) in [6.07, 6.45) is -0.969. The van der Waals surface area contributed by atoms with E-state index in [0.29, 0.717) is 13.2 Å². The Kier molecular flexibility index (Phi) is 13.3. The monoisotopic (exact) mass is 438 g/mol. The molecule has 0 atom stereocenters. The fraction of sp³-hybridized carbons (Fsp3) is 0.750. The van der Waals surface area contributed by atoms with Crippen molar-refractivity contribution in [3.05, 3.63) is 0 Å². The van der Waals surface area contributed by atoms with Gasteiger partial charge in [-0.3, -0.25) is 0 Å². The molecular formula is C16H28O8Zr. The summed E-state index contributed by atoms with van der Waals surface area (Å²) in [6, 6.07) is 0. The molecule has 0 bridgehead atoms. The zero-order chi connectivity index (χ0) is 19.3. The minimum absolute atomic E-state index is 0.0901. The van der Waals surface area contributed by atoms with Crippen LogP contribution in [0.5, 0.6) is 0 Å². The van der Waals surface area contributed by atoms with Crippen molar-refractivity contribution in [2.24, 2.45) is 0 Å². The normalized spacial score (nSPS) is 11.4. The van der Waals surface area contributed by atoms with Crippen molar-refractivity contribution in [1.82, 2.24) is 0 Å². The number of ether oxygens (including phenoxy) is 2. The van der Waals surface area contributed by atoms with Crippen molar-refractivity contribution >= 4 is 18.5 Å². The molecule has 0 amide bonds. The summed E-state index contributed by atoms with van der Waals surface area (Å²) in [7, 11) is 0. The molecule has 0 saturated carbocycles. The predicted molar refractivity (Wildman–Crippen MR) is 85.5 cm³/mol. The van der Waals surface area contributed by atoms with Crippen molar-refractivity contribution < 1.29 is 55.4 Å². The van der Waals surface area contributed by atoms with Crippen LogP contribution in [0.4, 0.5) is 0 Å². The van der Waals surface area contributed by atoms with E-state index >= 15 is 0 Å². The van der Waals surface area contributed by atoms with Crippen LogP contribution in [0.3, 0.4) is 0 Å². The van der Waals surface area contributed by atoms with Crippen molar-refractivity contribution in [2.75, 3.05) is 39.6 Å². The number of ketones is 2. The summed E-state index contributed by atoms with van der Waals surface area (Å²) in [5, 5.41) is 0. The molecule has 0 aromatic rings. The quantitative estimate of drug-likeness (QED) is 0.329. The Hall–Kier alpha value is -0.597. The van der Waals surface area contributed by atoms with E-state index in [4.69, 9.17) is 15.1 Å². The number of rotatable bonds is 16. The second-order valence-electron chi connectivity index (χ2n) is 5.03. The summed E-state index contributed by atoms with van der Waals surface area (Å²) in [5.41, 5.74) is 0. The summed E-state index contributed by atoms with van der Waals surface area (Å²) in [4.78, 5) is 49.0. The van der Waals surface area contributed by atoms with Gasteiger partial charge in [0, 0.05) is 0 Å². The van der Waals surface area contributed by atoms with Gasteiger partial charge in [0.05, 0.1) is 0 Å². The summed E-state index contributed by atoms with van der Waals surface area (Å²) < 4.78 is 19.7. The predicted octanol–water partition coefficient (Wildman–Crippen LogP) is 1.09. The zero-order valence-corrected chi connectivity index (χ0v) is 17.9. The molecule has 0 fully saturated rings. The van der Waals surface area contributed by atoms with Crippen molar-refractivity contribution in [3.8, 4) is 0 Å². The van der Waals surface area contributed by atoms with Crippen LogP contribution in [0, 0.1) is 0 Å². The molecule has 0 saturated heterocycles. The van der Waals surface area contributed by atoms with Gasteiger partial charge in [-0.25, -0.2) is 0 Å². The van der Waals surface area contributed by atoms with E-state index in [-0.39, 0.29) is 26.4 Å². The topological polar surface area (TPSA) is 105 Å². The zero-order valence-electron chi connectivity index (χ0n) is 15.4. The molecule has 0 spiro atoms. The maximum absolute atomic E-state index is 12.7. The second kappa shape index (κ2) is 13.6. The molecule has 0 heterocycles. The molecule has 0 aliphatic heterocycles. The number of carbonyl (C=O) groups is 4. The summed E-state index contributed by atoms with van der Waals surface area (Å²) >= 11 is -4.95. The summed E-state index contributed by atoms with van der Waals surface area (Å²) in [5.74, 6) is -0.887. The summed E-state index contributed by atoms with van der Waals surface area (Å²) in [6.45, 7) is 7.18. The van der Waals surface area contributed by atoms with Crippen LogP contribution in [0.25, 0.3) is 0 Å². The molecule has 9 heteroatoms. The van der Waals surface area contributed by atoms with E-state index in [0.717, 1.165) is 0 Å². The molecule has 0 N–H and O–H groups in total. The van der Waals surface area contributed by atoms with Gasteiger partial charge < -0.3 is 0 Å². The number of carbonyl (C=O) groups excluding carboxylic acids is 4. The first-order valence-electron chi connectivity index (χ1n) is 8.41. The van der Waals surface area contributed by atoms with Gasteiger partial charge in [-0.15, -0.1) is 0 Å². The maximum atomic E-state index is 12.7. The Balaban J connectivity index is 5.26. The molecule has 0 radical (unpaired) electrons. The third kappa shape index (κ3) is 8.55. The van der Waals surface area contributed by atoms with Crippen LogP contribution in [-0.2, 0) is 55.4 Å². The van der Waals surface area contributed by atoms with Gasteiger partial charge in [0.25, 0.3) is 0 Å². The first kappa shape index (κ1) is 24.4. The average molecular weight is 440 g/mol. The van der Waals surface area contributed by atoms with Gasteiger partial charge in [0.15, 0.2) is 0 Å². The average Bonchev–Trinajstić information content (AvgIpc) is 2.57. The Morgan fingerprint density at radius 1 is 0.640 bits per heavy atom. The molecule has 8 nitrogen and oxygen atoms in total. The second-order valence-corrected chi connectivity index (χ2v) is 12.2. The molecule has 25 heavy (non-hydrogen) atoms. The van der Waals surface area contributed by atoms with E-state index < -0.39 is 52.5 Å². The van der Waals surface area contributed by atoms with Gasteiger partial charge >= 0.3 is 154 Å². The fourth-order valence-corrected chi connectivity index (χ4v) is 8.71. The standard InChI is InChI=1S/2C6H9O3.2C2H5O.Zr/c2*1-2-9-5-6(8)3-4-7;2*1-2-3;/h2*2-3,5H2,1H3;2*2H2,1H3;/q;;2*-1;+2. The number of hydrogen-bond acceptors (Lipinski definition) is 8. The van der Waals surface area contributed by atoms with E-state index in [2.05, 4.69) is 0 Å². The van der Waals surface area contributed by atoms with E-state index in [1.807, 2.05) is 0 Å². The molecule has 0 aliphatic carbocycles. The van der Waals surface area contributed by atoms with E-state index in [9.17, 15) is 19.2 Å². The van der Waals surface area contributed by atoms with Gasteiger partial charge in [0.2, 0.25) is 0 Å². The van der Waals surface area contributed by atoms with Gasteiger partial charge in [-0.05, 0) is 0 Å². The first-order chi connectivity index (χ1) is 11.9. The Morgan fingerprint density at radius 2 is 1.00 bits per heavy atom. The third-order valence-corrected chi connectivity index (χ3v) is 11.0. The van der Waals surface area contributed by atoms with Gasteiger partial charge in [0.1, 0.15) is 0 Å². The van der Waals surface area contributed by atoms with Crippen LogP contribution in [0.15, 0.2) is 0 Å². The van der Waals surface area contributed by atoms with E-state index in [1.165, 1.54) is 0 Å². The number of hydrogen-bond donors (Lipinski definition) is 0. The van der Waals surface area contributed by atoms with Crippen molar-refractivity contribution in [3.63, 3.8) is 0 Å². The number of Topliss-reactive ketones (excluding diaryl/α,β-unsaturated/α-hetero) is 2. The van der Waals surface area contributed by atoms with Gasteiger partial charge in [-0.1, -0.05) is 0 Å². The fourth-order valence-electron chi connectivity index (χ4n) is 2.05. The molecule has 144 valence electrons. The molecule has 0 aromatic heterocycles. The van der Waals surface area contributed by atoms with E-state index in [1.54, 1.807) is 27.7 Å². The SMILES string of the molecule is CCOCC(=O)C[C](=O)[Zr]([O]CC)([O]CC)[C](=O)CC(=O)COCC. The van der Waals surface area contributed by atoms with Crippen LogP contribution in [0.2, 0.25) is 0 Å². The Bertz CT molecular complexity index is 421. The van der Waals surface area contributed by atoms with Crippen LogP contribution < -0.4 is 0 Å². The Labute approximate surface area is 154 Å². The molecule has 0 unspecified atom stereocenters. The van der Waals surface area contributed by atoms with Crippen molar-refractivity contribution in [1.29, 1.82) is 0 Å². The third-order valence-electron chi connectivity index (χ3n) is 3.08. The molecule has 0 aliphatic rings. The molecule has 0 aromatic carbocycles. The Morgan fingerprint density at radius 3 is 1.28 bits per heavy atom. The van der Waals surface area contributed by atoms with Gasteiger partial charge in [-0.2, -0.15) is 0 Å². The van der Waals surface area contributed by atoms with Crippen LogP contribution in [0.1, 0.15) is 40.5 Å². The van der Waals surface area contributed by atoms with Crippen LogP contribution >= 0.6 is 0 Å². The first-order valence-corrected chi connectivity index (χ1v) is 12.9. The van der Waals surface area contributed by atoms with Crippen LogP contribution in [-0.4, -0.2) is 58.2 Å². The van der Waals surface area contributed by atoms with Crippen molar-refractivity contribution in [2.45, 2.75) is 40.5 Å². The molecule has 0 rings (SSSR count).